The maximum Gasteiger partial charge on any atom is 0.255 e. The number of imidazole rings is 1. The van der Waals surface area contributed by atoms with Gasteiger partial charge in [0, 0.05) is 67.5 Å². The largest absolute Gasteiger partial charge is 0.354 e. The van der Waals surface area contributed by atoms with E-state index in [1.165, 1.54) is 0 Å². The molecule has 10 heteroatoms. The quantitative estimate of drug-likeness (QED) is 0.394. The monoisotopic (exact) mass is 439 g/mol. The highest BCUT2D eigenvalue weighted by Crippen LogP contribution is 2.28. The molecule has 1 aliphatic heterocycles. The average Bonchev–Trinajstić information content (AvgIpc) is 3.51. The van der Waals surface area contributed by atoms with Crippen LogP contribution < -0.4 is 15.5 Å². The van der Waals surface area contributed by atoms with Crippen molar-refractivity contribution in [1.82, 2.24) is 34.9 Å². The summed E-state index contributed by atoms with van der Waals surface area (Å²) in [7, 11) is 0. The summed E-state index contributed by atoms with van der Waals surface area (Å²) in [5, 5.41) is 11.8. The third kappa shape index (κ3) is 3.66. The SMILES string of the molecule is O=C(Nc1cnc2[nH]cc(-c3ccc4nccn4n3)c2c1)c1ccnc(N2CCNCC2)c1. The molecule has 1 aliphatic rings. The van der Waals surface area contributed by atoms with Crippen molar-refractivity contribution in [1.29, 1.82) is 0 Å². The standard InChI is InChI=1S/C23H21N9O/c33-23(15-3-4-25-21(11-15)31-8-5-24-6-9-31)29-16-12-17-18(14-28-22(17)27-13-16)19-1-2-20-26-7-10-32(20)30-19/h1-4,7,10-14,24H,5-6,8-9H2,(H,27,28)(H,29,33). The van der Waals surface area contributed by atoms with Crippen LogP contribution in [0.2, 0.25) is 0 Å². The molecule has 5 aromatic rings. The molecule has 6 rings (SSSR count). The van der Waals surface area contributed by atoms with Crippen LogP contribution in [0.5, 0.6) is 0 Å². The van der Waals surface area contributed by atoms with E-state index in [-0.39, 0.29) is 5.91 Å². The molecule has 10 nitrogen and oxygen atoms in total. The second-order valence-corrected chi connectivity index (χ2v) is 7.86. The van der Waals surface area contributed by atoms with Crippen LogP contribution in [0.3, 0.4) is 0 Å². The van der Waals surface area contributed by atoms with Crippen LogP contribution >= 0.6 is 0 Å². The predicted octanol–water partition coefficient (Wildman–Crippen LogP) is 2.33. The molecule has 0 aromatic carbocycles. The fourth-order valence-electron chi connectivity index (χ4n) is 4.07. The van der Waals surface area contributed by atoms with E-state index < -0.39 is 0 Å². The summed E-state index contributed by atoms with van der Waals surface area (Å²) in [6, 6.07) is 9.30. The van der Waals surface area contributed by atoms with Gasteiger partial charge in [0.2, 0.25) is 0 Å². The number of hydrogen-bond acceptors (Lipinski definition) is 7. The highest BCUT2D eigenvalue weighted by molar-refractivity contribution is 6.06. The number of anilines is 2. The molecule has 0 radical (unpaired) electrons. The lowest BCUT2D eigenvalue weighted by molar-refractivity contribution is 0.102. The van der Waals surface area contributed by atoms with Crippen molar-refractivity contribution < 1.29 is 4.79 Å². The first-order chi connectivity index (χ1) is 16.2. The topological polar surface area (TPSA) is 116 Å². The van der Waals surface area contributed by atoms with Crippen LogP contribution in [0, 0.1) is 0 Å². The number of nitrogens with one attached hydrogen (secondary N) is 3. The van der Waals surface area contributed by atoms with Crippen LogP contribution in [0.25, 0.3) is 27.9 Å². The lowest BCUT2D eigenvalue weighted by atomic mass is 10.1. The minimum absolute atomic E-state index is 0.204. The van der Waals surface area contributed by atoms with Crippen molar-refractivity contribution in [3.05, 3.63) is 66.9 Å². The van der Waals surface area contributed by atoms with Gasteiger partial charge in [-0.25, -0.2) is 19.5 Å². The molecular weight excluding hydrogens is 418 g/mol. The molecule has 0 saturated carbocycles. The molecule has 6 heterocycles. The first-order valence-electron chi connectivity index (χ1n) is 10.8. The molecule has 1 fully saturated rings. The number of hydrogen-bond donors (Lipinski definition) is 3. The minimum Gasteiger partial charge on any atom is -0.354 e. The summed E-state index contributed by atoms with van der Waals surface area (Å²) in [4.78, 5) is 31.5. The number of piperazine rings is 1. The number of carbonyl (C=O) groups excluding carboxylic acids is 1. The van der Waals surface area contributed by atoms with E-state index in [2.05, 4.69) is 40.6 Å². The molecule has 0 spiro atoms. The van der Waals surface area contributed by atoms with Gasteiger partial charge in [0.25, 0.3) is 5.91 Å². The van der Waals surface area contributed by atoms with Crippen molar-refractivity contribution in [3.63, 3.8) is 0 Å². The van der Waals surface area contributed by atoms with Gasteiger partial charge in [-0.1, -0.05) is 0 Å². The second kappa shape index (κ2) is 7.99. The summed E-state index contributed by atoms with van der Waals surface area (Å²) < 4.78 is 1.73. The van der Waals surface area contributed by atoms with Crippen molar-refractivity contribution >= 4 is 34.1 Å². The summed E-state index contributed by atoms with van der Waals surface area (Å²) in [6.07, 6.45) is 8.71. The molecule has 5 aromatic heterocycles. The van der Waals surface area contributed by atoms with Gasteiger partial charge in [0.05, 0.1) is 17.6 Å². The van der Waals surface area contributed by atoms with Crippen molar-refractivity contribution in [3.8, 4) is 11.3 Å². The Hall–Kier alpha value is -4.31. The average molecular weight is 439 g/mol. The summed E-state index contributed by atoms with van der Waals surface area (Å²) in [5.74, 6) is 0.608. The van der Waals surface area contributed by atoms with Crippen LogP contribution in [0.1, 0.15) is 10.4 Å². The van der Waals surface area contributed by atoms with Gasteiger partial charge in [-0.15, -0.1) is 0 Å². The third-order valence-electron chi connectivity index (χ3n) is 5.77. The smallest absolute Gasteiger partial charge is 0.255 e. The molecule has 33 heavy (non-hydrogen) atoms. The molecule has 0 bridgehead atoms. The Morgan fingerprint density at radius 1 is 1.03 bits per heavy atom. The molecule has 0 aliphatic carbocycles. The molecule has 1 amide bonds. The Morgan fingerprint density at radius 3 is 2.85 bits per heavy atom. The maximum absolute atomic E-state index is 13.0. The molecule has 0 atom stereocenters. The number of nitrogens with zero attached hydrogens (tertiary/aromatic N) is 6. The van der Waals surface area contributed by atoms with Gasteiger partial charge in [0.1, 0.15) is 11.5 Å². The molecule has 0 unspecified atom stereocenters. The van der Waals surface area contributed by atoms with E-state index in [0.29, 0.717) is 11.3 Å². The molecular formula is C23H21N9O. The van der Waals surface area contributed by atoms with E-state index >= 15 is 0 Å². The third-order valence-corrected chi connectivity index (χ3v) is 5.77. The Balaban J connectivity index is 1.28. The molecule has 1 saturated heterocycles. The maximum atomic E-state index is 13.0. The van der Waals surface area contributed by atoms with Crippen molar-refractivity contribution in [2.24, 2.45) is 0 Å². The molecule has 3 N–H and O–H groups in total. The lowest BCUT2D eigenvalue weighted by Gasteiger charge is -2.28. The van der Waals surface area contributed by atoms with Gasteiger partial charge in [-0.05, 0) is 30.3 Å². The van der Waals surface area contributed by atoms with E-state index in [1.807, 2.05) is 30.5 Å². The minimum atomic E-state index is -0.204. The van der Waals surface area contributed by atoms with Crippen LogP contribution in [0.4, 0.5) is 11.5 Å². The van der Waals surface area contributed by atoms with E-state index in [1.54, 1.807) is 35.4 Å². The van der Waals surface area contributed by atoms with Crippen LogP contribution in [-0.4, -0.2) is 61.6 Å². The van der Waals surface area contributed by atoms with E-state index in [9.17, 15) is 4.79 Å². The number of aromatic nitrogens is 6. The van der Waals surface area contributed by atoms with Gasteiger partial charge in [0.15, 0.2) is 5.65 Å². The normalized spacial score (nSPS) is 14.1. The number of amides is 1. The highest BCUT2D eigenvalue weighted by atomic mass is 16.1. The van der Waals surface area contributed by atoms with Crippen LogP contribution in [-0.2, 0) is 0 Å². The first-order valence-corrected chi connectivity index (χ1v) is 10.8. The van der Waals surface area contributed by atoms with Gasteiger partial charge in [-0.2, -0.15) is 5.10 Å². The fourth-order valence-corrected chi connectivity index (χ4v) is 4.07. The number of carbonyl (C=O) groups is 1. The van der Waals surface area contributed by atoms with Gasteiger partial charge >= 0.3 is 0 Å². The Morgan fingerprint density at radius 2 is 1.94 bits per heavy atom. The van der Waals surface area contributed by atoms with Crippen molar-refractivity contribution in [2.75, 3.05) is 36.4 Å². The zero-order valence-electron chi connectivity index (χ0n) is 17.7. The zero-order valence-corrected chi connectivity index (χ0v) is 17.7. The highest BCUT2D eigenvalue weighted by Gasteiger charge is 2.15. The molecule has 164 valence electrons. The van der Waals surface area contributed by atoms with E-state index in [0.717, 1.165) is 59.9 Å². The van der Waals surface area contributed by atoms with E-state index in [4.69, 9.17) is 0 Å². The number of rotatable bonds is 4. The van der Waals surface area contributed by atoms with Crippen molar-refractivity contribution in [2.45, 2.75) is 0 Å². The summed E-state index contributed by atoms with van der Waals surface area (Å²) in [6.45, 7) is 3.55. The van der Waals surface area contributed by atoms with Gasteiger partial charge in [-0.3, -0.25) is 4.79 Å². The Kier molecular flexibility index (Phi) is 4.69. The predicted molar refractivity (Wildman–Crippen MR) is 125 cm³/mol. The number of aromatic amines is 1. The number of H-pyrrole nitrogens is 1. The summed E-state index contributed by atoms with van der Waals surface area (Å²) >= 11 is 0. The lowest BCUT2D eigenvalue weighted by Crippen LogP contribution is -2.43. The summed E-state index contributed by atoms with van der Waals surface area (Å²) in [5.41, 5.74) is 4.35. The number of pyridine rings is 2. The first kappa shape index (κ1) is 19.4. The van der Waals surface area contributed by atoms with Gasteiger partial charge < -0.3 is 20.5 Å². The number of fused-ring (bicyclic) bond motifs is 2. The van der Waals surface area contributed by atoms with Crippen LogP contribution in [0.15, 0.2) is 61.3 Å². The Labute approximate surface area is 188 Å². The Bertz CT molecular complexity index is 1470. The zero-order chi connectivity index (χ0) is 22.2. The fraction of sp³-hybridized carbons (Fsp3) is 0.174. The second-order valence-electron chi connectivity index (χ2n) is 7.86.